The molecule has 0 radical (unpaired) electrons. The molecule has 0 aromatic carbocycles. The molecular weight excluding hydrogens is 169 g/mol. The van der Waals surface area contributed by atoms with Crippen LogP contribution in [-0.2, 0) is 0 Å². The number of ether oxygens (including phenoxy) is 1. The molecule has 0 aliphatic heterocycles. The first-order chi connectivity index (χ1) is 6.09. The van der Waals surface area contributed by atoms with Gasteiger partial charge in [0.2, 0.25) is 11.8 Å². The second-order valence-corrected chi connectivity index (χ2v) is 3.37. The molecule has 1 unspecified atom stereocenters. The molecule has 13 heavy (non-hydrogen) atoms. The smallest absolute Gasteiger partial charge is 0.216 e. The number of rotatable bonds is 3. The fourth-order valence-corrected chi connectivity index (χ4v) is 0.782. The number of nitrogens with zero attached hydrogens (tertiary/aromatic N) is 1. The van der Waals surface area contributed by atoms with Crippen LogP contribution in [0.5, 0.6) is 5.88 Å². The Kier molecular flexibility index (Phi) is 3.23. The van der Waals surface area contributed by atoms with Gasteiger partial charge in [-0.05, 0) is 18.9 Å². The van der Waals surface area contributed by atoms with Gasteiger partial charge in [-0.1, -0.05) is 19.9 Å². The number of hydrogen-bond donors (Lipinski definition) is 0. The third-order valence-electron chi connectivity index (χ3n) is 1.94. The summed E-state index contributed by atoms with van der Waals surface area (Å²) in [7, 11) is 0. The Bertz CT molecular complexity index is 275. The molecule has 0 saturated heterocycles. The molecule has 72 valence electrons. The van der Waals surface area contributed by atoms with Crippen LogP contribution in [0, 0.1) is 11.9 Å². The maximum atomic E-state index is 12.6. The first kappa shape index (κ1) is 9.96. The summed E-state index contributed by atoms with van der Waals surface area (Å²) < 4.78 is 18.0. The highest BCUT2D eigenvalue weighted by molar-refractivity contribution is 5.10. The summed E-state index contributed by atoms with van der Waals surface area (Å²) in [5.41, 5.74) is 0. The third-order valence-corrected chi connectivity index (χ3v) is 1.94. The molecule has 0 aliphatic rings. The molecule has 0 amide bonds. The van der Waals surface area contributed by atoms with Crippen LogP contribution in [0.15, 0.2) is 18.2 Å². The summed E-state index contributed by atoms with van der Waals surface area (Å²) in [5, 5.41) is 0. The van der Waals surface area contributed by atoms with E-state index in [1.54, 1.807) is 12.1 Å². The Labute approximate surface area is 77.8 Å². The van der Waals surface area contributed by atoms with Gasteiger partial charge in [-0.3, -0.25) is 0 Å². The number of halogens is 1. The zero-order valence-corrected chi connectivity index (χ0v) is 8.12. The molecule has 0 fully saturated rings. The average Bonchev–Trinajstić information content (AvgIpc) is 2.04. The zero-order chi connectivity index (χ0) is 9.84. The van der Waals surface area contributed by atoms with Crippen molar-refractivity contribution in [3.63, 3.8) is 0 Å². The van der Waals surface area contributed by atoms with E-state index in [-0.39, 0.29) is 6.10 Å². The van der Waals surface area contributed by atoms with Crippen LogP contribution in [0.4, 0.5) is 4.39 Å². The van der Waals surface area contributed by atoms with E-state index in [0.29, 0.717) is 11.8 Å². The summed E-state index contributed by atoms with van der Waals surface area (Å²) in [5.74, 6) is 0.236. The van der Waals surface area contributed by atoms with Gasteiger partial charge < -0.3 is 4.74 Å². The van der Waals surface area contributed by atoms with Gasteiger partial charge in [0.05, 0.1) is 6.10 Å². The summed E-state index contributed by atoms with van der Waals surface area (Å²) in [4.78, 5) is 3.61. The Morgan fingerprint density at radius 1 is 1.31 bits per heavy atom. The zero-order valence-electron chi connectivity index (χ0n) is 8.12. The van der Waals surface area contributed by atoms with Gasteiger partial charge in [0.15, 0.2) is 0 Å². The van der Waals surface area contributed by atoms with Crippen molar-refractivity contribution in [3.8, 4) is 5.88 Å². The van der Waals surface area contributed by atoms with Crippen molar-refractivity contribution in [2.75, 3.05) is 0 Å². The van der Waals surface area contributed by atoms with Gasteiger partial charge in [-0.15, -0.1) is 0 Å². The quantitative estimate of drug-likeness (QED) is 0.672. The van der Waals surface area contributed by atoms with Gasteiger partial charge >= 0.3 is 0 Å². The highest BCUT2D eigenvalue weighted by Gasteiger charge is 2.09. The van der Waals surface area contributed by atoms with Crippen LogP contribution in [0.3, 0.4) is 0 Å². The first-order valence-electron chi connectivity index (χ1n) is 4.39. The van der Waals surface area contributed by atoms with Crippen LogP contribution in [0.25, 0.3) is 0 Å². The van der Waals surface area contributed by atoms with Crippen LogP contribution in [0.1, 0.15) is 20.8 Å². The summed E-state index contributed by atoms with van der Waals surface area (Å²) in [6.45, 7) is 6.03. The van der Waals surface area contributed by atoms with Crippen molar-refractivity contribution in [1.29, 1.82) is 0 Å². The Hall–Kier alpha value is -1.12. The lowest BCUT2D eigenvalue weighted by atomic mass is 10.1. The Morgan fingerprint density at radius 3 is 2.54 bits per heavy atom. The SMILES string of the molecule is CC(C)C(C)Oc1cccc(F)n1. The minimum absolute atomic E-state index is 0.0503. The van der Waals surface area contributed by atoms with Gasteiger partial charge in [0.1, 0.15) is 0 Å². The maximum absolute atomic E-state index is 12.6. The summed E-state index contributed by atoms with van der Waals surface area (Å²) >= 11 is 0. The fraction of sp³-hybridized carbons (Fsp3) is 0.500. The lowest BCUT2D eigenvalue weighted by molar-refractivity contribution is 0.161. The van der Waals surface area contributed by atoms with E-state index in [1.807, 2.05) is 20.8 Å². The molecule has 0 bridgehead atoms. The molecule has 0 N–H and O–H groups in total. The first-order valence-corrected chi connectivity index (χ1v) is 4.39. The Morgan fingerprint density at radius 2 is 2.00 bits per heavy atom. The van der Waals surface area contributed by atoms with E-state index in [1.165, 1.54) is 6.07 Å². The third kappa shape index (κ3) is 3.01. The predicted molar refractivity (Wildman–Crippen MR) is 49.1 cm³/mol. The number of pyridine rings is 1. The van der Waals surface area contributed by atoms with Gasteiger partial charge in [-0.2, -0.15) is 9.37 Å². The lowest BCUT2D eigenvalue weighted by Crippen LogP contribution is -2.19. The standard InChI is InChI=1S/C10H14FNO/c1-7(2)8(3)13-10-6-4-5-9(11)12-10/h4-8H,1-3H3. The van der Waals surface area contributed by atoms with Crippen molar-refractivity contribution >= 4 is 0 Å². The predicted octanol–water partition coefficient (Wildman–Crippen LogP) is 2.64. The molecule has 0 spiro atoms. The van der Waals surface area contributed by atoms with Crippen molar-refractivity contribution in [2.45, 2.75) is 26.9 Å². The van der Waals surface area contributed by atoms with Crippen LogP contribution < -0.4 is 4.74 Å². The molecule has 1 aromatic rings. The van der Waals surface area contributed by atoms with Crippen LogP contribution in [-0.4, -0.2) is 11.1 Å². The second kappa shape index (κ2) is 4.21. The van der Waals surface area contributed by atoms with E-state index in [0.717, 1.165) is 0 Å². The van der Waals surface area contributed by atoms with Crippen molar-refractivity contribution in [3.05, 3.63) is 24.1 Å². The van der Waals surface area contributed by atoms with Crippen molar-refractivity contribution in [1.82, 2.24) is 4.98 Å². The Balaban J connectivity index is 2.64. The van der Waals surface area contributed by atoms with Gasteiger partial charge in [0.25, 0.3) is 0 Å². The fourth-order valence-electron chi connectivity index (χ4n) is 0.782. The molecule has 0 aliphatic carbocycles. The van der Waals surface area contributed by atoms with E-state index in [4.69, 9.17) is 4.74 Å². The minimum Gasteiger partial charge on any atom is -0.474 e. The number of aromatic nitrogens is 1. The molecule has 0 saturated carbocycles. The number of hydrogen-bond acceptors (Lipinski definition) is 2. The van der Waals surface area contributed by atoms with Gasteiger partial charge in [0, 0.05) is 6.07 Å². The summed E-state index contributed by atoms with van der Waals surface area (Å²) in [6.07, 6.45) is 0.0503. The molecule has 1 heterocycles. The molecular formula is C10H14FNO. The second-order valence-electron chi connectivity index (χ2n) is 3.37. The van der Waals surface area contributed by atoms with E-state index in [9.17, 15) is 4.39 Å². The lowest BCUT2D eigenvalue weighted by Gasteiger charge is -2.16. The normalized spacial score (nSPS) is 13.0. The molecule has 1 rings (SSSR count). The van der Waals surface area contributed by atoms with Crippen molar-refractivity contribution < 1.29 is 9.13 Å². The van der Waals surface area contributed by atoms with Crippen LogP contribution >= 0.6 is 0 Å². The molecule has 2 nitrogen and oxygen atoms in total. The van der Waals surface area contributed by atoms with Crippen molar-refractivity contribution in [2.24, 2.45) is 5.92 Å². The highest BCUT2D eigenvalue weighted by Crippen LogP contribution is 2.12. The van der Waals surface area contributed by atoms with E-state index >= 15 is 0 Å². The molecule has 3 heteroatoms. The van der Waals surface area contributed by atoms with E-state index < -0.39 is 5.95 Å². The minimum atomic E-state index is -0.506. The monoisotopic (exact) mass is 183 g/mol. The van der Waals surface area contributed by atoms with Crippen LogP contribution in [0.2, 0.25) is 0 Å². The maximum Gasteiger partial charge on any atom is 0.216 e. The largest absolute Gasteiger partial charge is 0.474 e. The highest BCUT2D eigenvalue weighted by atomic mass is 19.1. The summed E-state index contributed by atoms with van der Waals surface area (Å²) in [6, 6.07) is 4.54. The molecule has 1 atom stereocenters. The van der Waals surface area contributed by atoms with E-state index in [2.05, 4.69) is 4.98 Å². The van der Waals surface area contributed by atoms with Gasteiger partial charge in [-0.25, -0.2) is 0 Å². The average molecular weight is 183 g/mol. The topological polar surface area (TPSA) is 22.1 Å². The molecule has 1 aromatic heterocycles.